The highest BCUT2D eigenvalue weighted by Crippen LogP contribution is 2.40. The van der Waals surface area contributed by atoms with E-state index >= 15 is 0 Å². The van der Waals surface area contributed by atoms with Crippen LogP contribution in [0.25, 0.3) is 0 Å². The minimum atomic E-state index is -0.231. The van der Waals surface area contributed by atoms with Gasteiger partial charge >= 0.3 is 0 Å². The minimum absolute atomic E-state index is 0.197. The highest BCUT2D eigenvalue weighted by atomic mass is 79.9. The zero-order chi connectivity index (χ0) is 13.1. The molecule has 1 aliphatic rings. The van der Waals surface area contributed by atoms with E-state index in [4.69, 9.17) is 5.73 Å². The largest absolute Gasteiger partial charge is 0.323 e. The van der Waals surface area contributed by atoms with Crippen molar-refractivity contribution in [3.63, 3.8) is 0 Å². The summed E-state index contributed by atoms with van der Waals surface area (Å²) in [4.78, 5) is 0. The fraction of sp³-hybridized carbons (Fsp3) is 0.538. The van der Waals surface area contributed by atoms with E-state index < -0.39 is 0 Å². The van der Waals surface area contributed by atoms with Gasteiger partial charge in [-0.25, -0.2) is 4.39 Å². The van der Waals surface area contributed by atoms with E-state index in [1.165, 1.54) is 11.8 Å². The molecule has 3 unspecified atom stereocenters. The van der Waals surface area contributed by atoms with E-state index in [1.807, 2.05) is 29.6 Å². The maximum atomic E-state index is 13.9. The van der Waals surface area contributed by atoms with Gasteiger partial charge in [0.15, 0.2) is 0 Å². The number of halogens is 2. The molecule has 0 radical (unpaired) electrons. The Morgan fingerprint density at radius 2 is 2.17 bits per heavy atom. The lowest BCUT2D eigenvalue weighted by molar-refractivity contribution is 0.560. The molecular formula is C13H17BrFNS2. The van der Waals surface area contributed by atoms with Crippen molar-refractivity contribution in [2.75, 3.05) is 11.5 Å². The first-order chi connectivity index (χ1) is 8.63. The van der Waals surface area contributed by atoms with E-state index in [0.29, 0.717) is 16.1 Å². The second-order valence-electron chi connectivity index (χ2n) is 4.34. The molecule has 1 aromatic rings. The molecular weight excluding hydrogens is 333 g/mol. The topological polar surface area (TPSA) is 26.0 Å². The summed E-state index contributed by atoms with van der Waals surface area (Å²) in [6.45, 7) is 2.18. The molecule has 0 aromatic heterocycles. The number of rotatable bonds is 3. The Morgan fingerprint density at radius 3 is 2.89 bits per heavy atom. The van der Waals surface area contributed by atoms with Crippen LogP contribution in [-0.2, 0) is 0 Å². The van der Waals surface area contributed by atoms with Crippen molar-refractivity contribution in [3.05, 3.63) is 34.1 Å². The van der Waals surface area contributed by atoms with E-state index in [-0.39, 0.29) is 11.9 Å². The maximum absolute atomic E-state index is 13.9. The third kappa shape index (κ3) is 3.24. The normalized spacial score (nSPS) is 26.0. The van der Waals surface area contributed by atoms with Gasteiger partial charge in [-0.05, 0) is 24.6 Å². The first-order valence-electron chi connectivity index (χ1n) is 6.07. The molecule has 1 aromatic carbocycles. The molecule has 18 heavy (non-hydrogen) atoms. The molecule has 0 saturated carbocycles. The van der Waals surface area contributed by atoms with Crippen LogP contribution >= 0.6 is 39.5 Å². The van der Waals surface area contributed by atoms with Crippen molar-refractivity contribution in [1.29, 1.82) is 0 Å². The van der Waals surface area contributed by atoms with Crippen LogP contribution in [-0.4, -0.2) is 22.0 Å². The number of benzene rings is 1. The monoisotopic (exact) mass is 349 g/mol. The summed E-state index contributed by atoms with van der Waals surface area (Å²) >= 11 is 7.24. The van der Waals surface area contributed by atoms with Crippen molar-refractivity contribution in [3.8, 4) is 0 Å². The summed E-state index contributed by atoms with van der Waals surface area (Å²) in [5.74, 6) is 2.08. The fourth-order valence-electron chi connectivity index (χ4n) is 2.22. The maximum Gasteiger partial charge on any atom is 0.128 e. The summed E-state index contributed by atoms with van der Waals surface area (Å²) in [6, 6.07) is 4.78. The fourth-order valence-corrected chi connectivity index (χ4v) is 5.77. The Kier molecular flexibility index (Phi) is 5.42. The smallest absolute Gasteiger partial charge is 0.128 e. The van der Waals surface area contributed by atoms with Crippen LogP contribution in [0.5, 0.6) is 0 Å². The molecule has 0 amide bonds. The highest BCUT2D eigenvalue weighted by molar-refractivity contribution is 9.10. The number of hydrogen-bond acceptors (Lipinski definition) is 3. The van der Waals surface area contributed by atoms with Gasteiger partial charge in [0.2, 0.25) is 0 Å². The van der Waals surface area contributed by atoms with Gasteiger partial charge in [0.05, 0.1) is 0 Å². The van der Waals surface area contributed by atoms with Gasteiger partial charge in [0.1, 0.15) is 5.82 Å². The van der Waals surface area contributed by atoms with E-state index in [0.717, 1.165) is 16.6 Å². The van der Waals surface area contributed by atoms with Crippen LogP contribution in [0.4, 0.5) is 4.39 Å². The van der Waals surface area contributed by atoms with Crippen molar-refractivity contribution in [2.24, 2.45) is 5.73 Å². The van der Waals surface area contributed by atoms with Gasteiger partial charge < -0.3 is 5.73 Å². The predicted molar refractivity (Wildman–Crippen MR) is 83.8 cm³/mol. The lowest BCUT2D eigenvalue weighted by atomic mass is 10.0. The van der Waals surface area contributed by atoms with Gasteiger partial charge in [0, 0.05) is 38.1 Å². The average Bonchev–Trinajstić information content (AvgIpc) is 2.40. The minimum Gasteiger partial charge on any atom is -0.323 e. The molecule has 1 heterocycles. The van der Waals surface area contributed by atoms with E-state index in [1.54, 1.807) is 6.07 Å². The third-order valence-electron chi connectivity index (χ3n) is 3.17. The summed E-state index contributed by atoms with van der Waals surface area (Å²) in [5, 5.41) is 0.828. The van der Waals surface area contributed by atoms with Gasteiger partial charge in [0.25, 0.3) is 0 Å². The Morgan fingerprint density at radius 1 is 1.44 bits per heavy atom. The molecule has 5 heteroatoms. The molecule has 2 N–H and O–H groups in total. The predicted octanol–water partition coefficient (Wildman–Crippen LogP) is 4.22. The summed E-state index contributed by atoms with van der Waals surface area (Å²) < 4.78 is 14.8. The van der Waals surface area contributed by atoms with Crippen molar-refractivity contribution < 1.29 is 4.39 Å². The Balaban J connectivity index is 2.23. The van der Waals surface area contributed by atoms with Crippen LogP contribution in [0.15, 0.2) is 22.7 Å². The Labute approximate surface area is 125 Å². The SMILES string of the molecule is CCC1SCCSC1C(N)c1cc(Br)ccc1F. The summed E-state index contributed by atoms with van der Waals surface area (Å²) in [7, 11) is 0. The second kappa shape index (κ2) is 6.64. The number of nitrogens with two attached hydrogens (primary N) is 1. The lowest BCUT2D eigenvalue weighted by Crippen LogP contribution is -2.36. The third-order valence-corrected chi connectivity index (χ3v) is 7.03. The molecule has 0 spiro atoms. The zero-order valence-electron chi connectivity index (χ0n) is 10.2. The lowest BCUT2D eigenvalue weighted by Gasteiger charge is -2.34. The highest BCUT2D eigenvalue weighted by Gasteiger charge is 2.32. The van der Waals surface area contributed by atoms with Crippen molar-refractivity contribution in [1.82, 2.24) is 0 Å². The van der Waals surface area contributed by atoms with Crippen molar-refractivity contribution >= 4 is 39.5 Å². The first kappa shape index (κ1) is 14.7. The van der Waals surface area contributed by atoms with Crippen molar-refractivity contribution in [2.45, 2.75) is 29.9 Å². The molecule has 100 valence electrons. The zero-order valence-corrected chi connectivity index (χ0v) is 13.5. The molecule has 0 bridgehead atoms. The van der Waals surface area contributed by atoms with Crippen LogP contribution < -0.4 is 5.73 Å². The molecule has 3 atom stereocenters. The second-order valence-corrected chi connectivity index (χ2v) is 7.89. The van der Waals surface area contributed by atoms with Crippen LogP contribution in [0.3, 0.4) is 0 Å². The Bertz CT molecular complexity index is 416. The Hall–Kier alpha value is 0.290. The van der Waals surface area contributed by atoms with Gasteiger partial charge in [-0.1, -0.05) is 22.9 Å². The average molecular weight is 350 g/mol. The number of hydrogen-bond donors (Lipinski definition) is 1. The first-order valence-corrected chi connectivity index (χ1v) is 8.96. The van der Waals surface area contributed by atoms with Crippen LogP contribution in [0.2, 0.25) is 0 Å². The quantitative estimate of drug-likeness (QED) is 0.884. The van der Waals surface area contributed by atoms with Gasteiger partial charge in [-0.2, -0.15) is 23.5 Å². The number of thioether (sulfide) groups is 2. The molecule has 1 fully saturated rings. The molecule has 0 aliphatic carbocycles. The molecule has 2 rings (SSSR count). The molecule has 1 aliphatic heterocycles. The summed E-state index contributed by atoms with van der Waals surface area (Å²) in [6.07, 6.45) is 1.09. The van der Waals surface area contributed by atoms with E-state index in [9.17, 15) is 4.39 Å². The van der Waals surface area contributed by atoms with Crippen LogP contribution in [0, 0.1) is 5.82 Å². The van der Waals surface area contributed by atoms with E-state index in [2.05, 4.69) is 22.9 Å². The standard InChI is InChI=1S/C13H17BrFNS2/c1-2-11-13(18-6-5-17-11)12(16)9-7-8(14)3-4-10(9)15/h3-4,7,11-13H,2,5-6,16H2,1H3. The van der Waals surface area contributed by atoms with Gasteiger partial charge in [-0.3, -0.25) is 0 Å². The summed E-state index contributed by atoms with van der Waals surface area (Å²) in [5.41, 5.74) is 6.94. The molecule has 1 nitrogen and oxygen atoms in total. The molecule has 1 saturated heterocycles. The van der Waals surface area contributed by atoms with Gasteiger partial charge in [-0.15, -0.1) is 0 Å². The van der Waals surface area contributed by atoms with Crippen LogP contribution in [0.1, 0.15) is 24.9 Å².